The van der Waals surface area contributed by atoms with Gasteiger partial charge < -0.3 is 9.94 Å². The number of nitrogens with zero attached hydrogens (tertiary/aromatic N) is 1. The van der Waals surface area contributed by atoms with Crippen molar-refractivity contribution < 1.29 is 23.2 Å². The molecular formula is C18H17NO5S. The summed E-state index contributed by atoms with van der Waals surface area (Å²) in [7, 11) is -3.23. The van der Waals surface area contributed by atoms with Crippen LogP contribution in [0.2, 0.25) is 0 Å². The number of benzene rings is 2. The molecule has 1 N–H and O–H groups in total. The number of carboxylic acid groups (broad SMARTS) is 1. The Hall–Kier alpha value is -2.67. The molecule has 0 saturated heterocycles. The standard InChI is InChI=1S/C18H17NO5S/c1-25(22,23)15-7-5-12(6-8-15)13-3-2-4-14(9-13)16-11-24-19-17(16)10-18(20)21/h2-9,16H,10-11H2,1H3,(H,20,21). The molecule has 6 nitrogen and oxygen atoms in total. The summed E-state index contributed by atoms with van der Waals surface area (Å²) in [6.07, 6.45) is 1.02. The second-order valence-electron chi connectivity index (χ2n) is 5.92. The van der Waals surface area contributed by atoms with Gasteiger partial charge in [0.15, 0.2) is 9.84 Å². The van der Waals surface area contributed by atoms with E-state index in [-0.39, 0.29) is 17.2 Å². The maximum Gasteiger partial charge on any atom is 0.309 e. The number of hydrogen-bond acceptors (Lipinski definition) is 5. The fourth-order valence-electron chi connectivity index (χ4n) is 2.78. The van der Waals surface area contributed by atoms with E-state index >= 15 is 0 Å². The average Bonchev–Trinajstić information content (AvgIpc) is 3.02. The van der Waals surface area contributed by atoms with Crippen LogP contribution in [0, 0.1) is 0 Å². The molecule has 0 fully saturated rings. The predicted molar refractivity (Wildman–Crippen MR) is 93.4 cm³/mol. The van der Waals surface area contributed by atoms with Crippen molar-refractivity contribution in [1.82, 2.24) is 0 Å². The molecule has 1 aliphatic heterocycles. The van der Waals surface area contributed by atoms with Crippen LogP contribution in [0.4, 0.5) is 0 Å². The number of hydrogen-bond donors (Lipinski definition) is 1. The molecule has 0 aromatic heterocycles. The highest BCUT2D eigenvalue weighted by molar-refractivity contribution is 7.90. The maximum absolute atomic E-state index is 11.6. The van der Waals surface area contributed by atoms with E-state index in [1.165, 1.54) is 6.26 Å². The van der Waals surface area contributed by atoms with Crippen LogP contribution < -0.4 is 0 Å². The molecular weight excluding hydrogens is 342 g/mol. The third kappa shape index (κ3) is 3.88. The quantitative estimate of drug-likeness (QED) is 0.886. The van der Waals surface area contributed by atoms with E-state index in [4.69, 9.17) is 9.94 Å². The van der Waals surface area contributed by atoms with Gasteiger partial charge >= 0.3 is 5.97 Å². The minimum absolute atomic E-state index is 0.155. The van der Waals surface area contributed by atoms with Crippen LogP contribution in [0.1, 0.15) is 17.9 Å². The van der Waals surface area contributed by atoms with Gasteiger partial charge in [-0.15, -0.1) is 0 Å². The van der Waals surface area contributed by atoms with Gasteiger partial charge in [0.2, 0.25) is 0 Å². The van der Waals surface area contributed by atoms with Crippen molar-refractivity contribution in [2.75, 3.05) is 12.9 Å². The first-order valence-electron chi connectivity index (χ1n) is 7.65. The molecule has 2 aromatic carbocycles. The number of carbonyl (C=O) groups is 1. The van der Waals surface area contributed by atoms with Crippen LogP contribution in [-0.2, 0) is 19.5 Å². The van der Waals surface area contributed by atoms with Crippen molar-refractivity contribution in [2.24, 2.45) is 5.16 Å². The van der Waals surface area contributed by atoms with Gasteiger partial charge in [-0.25, -0.2) is 8.42 Å². The Balaban J connectivity index is 1.89. The number of aliphatic carboxylic acids is 1. The molecule has 2 aromatic rings. The van der Waals surface area contributed by atoms with E-state index in [0.29, 0.717) is 12.3 Å². The van der Waals surface area contributed by atoms with Crippen molar-refractivity contribution in [1.29, 1.82) is 0 Å². The summed E-state index contributed by atoms with van der Waals surface area (Å²) in [6.45, 7) is 0.319. The minimum atomic E-state index is -3.23. The Morgan fingerprint density at radius 1 is 1.20 bits per heavy atom. The molecule has 0 aliphatic carbocycles. The smallest absolute Gasteiger partial charge is 0.309 e. The SMILES string of the molecule is CS(=O)(=O)c1ccc(-c2cccc(C3CON=C3CC(=O)O)c2)cc1. The predicted octanol–water partition coefficient (Wildman–Crippen LogP) is 2.70. The lowest BCUT2D eigenvalue weighted by Gasteiger charge is -2.12. The van der Waals surface area contributed by atoms with Gasteiger partial charge in [0, 0.05) is 6.26 Å². The molecule has 0 saturated carbocycles. The van der Waals surface area contributed by atoms with Gasteiger partial charge in [0.25, 0.3) is 0 Å². The fraction of sp³-hybridized carbons (Fsp3) is 0.222. The summed E-state index contributed by atoms with van der Waals surface area (Å²) in [5.74, 6) is -1.13. The molecule has 25 heavy (non-hydrogen) atoms. The average molecular weight is 359 g/mol. The van der Waals surface area contributed by atoms with Crippen molar-refractivity contribution in [3.05, 3.63) is 54.1 Å². The van der Waals surface area contributed by atoms with Crippen LogP contribution in [0.15, 0.2) is 58.6 Å². The highest BCUT2D eigenvalue weighted by atomic mass is 32.2. The Kier molecular flexibility index (Phi) is 4.59. The van der Waals surface area contributed by atoms with E-state index in [1.54, 1.807) is 24.3 Å². The van der Waals surface area contributed by atoms with Crippen LogP contribution in [0.3, 0.4) is 0 Å². The van der Waals surface area contributed by atoms with Gasteiger partial charge in [-0.2, -0.15) is 0 Å². The van der Waals surface area contributed by atoms with E-state index in [0.717, 1.165) is 16.7 Å². The largest absolute Gasteiger partial charge is 0.481 e. The molecule has 1 heterocycles. The summed E-state index contributed by atoms with van der Waals surface area (Å²) in [5.41, 5.74) is 3.21. The minimum Gasteiger partial charge on any atom is -0.481 e. The normalized spacial score (nSPS) is 17.0. The van der Waals surface area contributed by atoms with Gasteiger partial charge in [-0.3, -0.25) is 4.79 Å². The molecule has 130 valence electrons. The molecule has 3 rings (SSSR count). The Bertz CT molecular complexity index is 932. The summed E-state index contributed by atoms with van der Waals surface area (Å²) in [6, 6.07) is 14.3. The number of rotatable bonds is 5. The van der Waals surface area contributed by atoms with Gasteiger partial charge in [-0.1, -0.05) is 41.6 Å². The van der Waals surface area contributed by atoms with E-state index < -0.39 is 15.8 Å². The van der Waals surface area contributed by atoms with Crippen LogP contribution >= 0.6 is 0 Å². The molecule has 1 unspecified atom stereocenters. The third-order valence-electron chi connectivity index (χ3n) is 4.06. The summed E-state index contributed by atoms with van der Waals surface area (Å²) in [4.78, 5) is 16.3. The molecule has 7 heteroatoms. The molecule has 0 bridgehead atoms. The van der Waals surface area contributed by atoms with Crippen molar-refractivity contribution >= 4 is 21.5 Å². The lowest BCUT2D eigenvalue weighted by atomic mass is 9.91. The molecule has 1 aliphatic rings. The van der Waals surface area contributed by atoms with Crippen LogP contribution in [0.25, 0.3) is 11.1 Å². The Morgan fingerprint density at radius 3 is 2.56 bits per heavy atom. The van der Waals surface area contributed by atoms with E-state index in [9.17, 15) is 13.2 Å². The van der Waals surface area contributed by atoms with Crippen molar-refractivity contribution in [3.63, 3.8) is 0 Å². The first-order chi connectivity index (χ1) is 11.8. The summed E-state index contributed by atoms with van der Waals surface area (Å²) in [5, 5.41) is 12.8. The zero-order valence-electron chi connectivity index (χ0n) is 13.5. The lowest BCUT2D eigenvalue weighted by Crippen LogP contribution is -2.15. The second-order valence-corrected chi connectivity index (χ2v) is 7.94. The van der Waals surface area contributed by atoms with Gasteiger partial charge in [-0.05, 0) is 28.8 Å². The highest BCUT2D eigenvalue weighted by Crippen LogP contribution is 2.29. The highest BCUT2D eigenvalue weighted by Gasteiger charge is 2.27. The first-order valence-corrected chi connectivity index (χ1v) is 9.55. The summed E-state index contributed by atoms with van der Waals surface area (Å²) >= 11 is 0. The maximum atomic E-state index is 11.6. The van der Waals surface area contributed by atoms with Crippen molar-refractivity contribution in [2.45, 2.75) is 17.2 Å². The van der Waals surface area contributed by atoms with E-state index in [2.05, 4.69) is 5.16 Å². The molecule has 0 radical (unpaired) electrons. The fourth-order valence-corrected chi connectivity index (χ4v) is 3.41. The third-order valence-corrected chi connectivity index (χ3v) is 5.19. The van der Waals surface area contributed by atoms with E-state index in [1.807, 2.05) is 24.3 Å². The zero-order chi connectivity index (χ0) is 18.0. The molecule has 1 atom stereocenters. The number of carboxylic acids is 1. The number of sulfone groups is 1. The number of oxime groups is 1. The summed E-state index contributed by atoms with van der Waals surface area (Å²) < 4.78 is 23.1. The van der Waals surface area contributed by atoms with Gasteiger partial charge in [0.1, 0.15) is 6.61 Å². The van der Waals surface area contributed by atoms with Gasteiger partial charge in [0.05, 0.1) is 22.9 Å². The second kappa shape index (κ2) is 6.68. The lowest BCUT2D eigenvalue weighted by molar-refractivity contribution is -0.135. The first kappa shape index (κ1) is 17.2. The Morgan fingerprint density at radius 2 is 1.92 bits per heavy atom. The Labute approximate surface area is 145 Å². The monoisotopic (exact) mass is 359 g/mol. The van der Waals surface area contributed by atoms with Crippen LogP contribution in [0.5, 0.6) is 0 Å². The zero-order valence-corrected chi connectivity index (χ0v) is 14.4. The van der Waals surface area contributed by atoms with Crippen molar-refractivity contribution in [3.8, 4) is 11.1 Å². The topological polar surface area (TPSA) is 93.0 Å². The molecule has 0 spiro atoms. The van der Waals surface area contributed by atoms with Crippen LogP contribution in [-0.4, -0.2) is 38.1 Å². The molecule has 0 amide bonds.